The molecular weight excluding hydrogens is 294 g/mol. The molecule has 4 heteroatoms. The van der Waals surface area contributed by atoms with Crippen LogP contribution in [0.3, 0.4) is 0 Å². The molecule has 0 atom stereocenters. The van der Waals surface area contributed by atoms with Crippen LogP contribution in [0.4, 0.5) is 0 Å². The van der Waals surface area contributed by atoms with E-state index in [1.54, 1.807) is 0 Å². The molecule has 1 aliphatic heterocycles. The van der Waals surface area contributed by atoms with E-state index in [0.29, 0.717) is 17.0 Å². The van der Waals surface area contributed by atoms with Gasteiger partial charge in [0.25, 0.3) is 11.8 Å². The predicted molar refractivity (Wildman–Crippen MR) is 92.3 cm³/mol. The highest BCUT2D eigenvalue weighted by Crippen LogP contribution is 2.37. The highest BCUT2D eigenvalue weighted by atomic mass is 32.2. The Bertz CT molecular complexity index is 578. The number of carbonyl (C=O) groups is 2. The van der Waals surface area contributed by atoms with Gasteiger partial charge in [-0.2, -0.15) is 0 Å². The second kappa shape index (κ2) is 7.63. The van der Waals surface area contributed by atoms with Crippen molar-refractivity contribution in [3.63, 3.8) is 0 Å². The number of hydrogen-bond acceptors (Lipinski definition) is 3. The average molecular weight is 317 g/mol. The highest BCUT2D eigenvalue weighted by molar-refractivity contribution is 8.04. The molecule has 118 valence electrons. The largest absolute Gasteiger partial charge is 0.274 e. The van der Waals surface area contributed by atoms with Gasteiger partial charge >= 0.3 is 0 Å². The summed E-state index contributed by atoms with van der Waals surface area (Å²) in [5, 5.41) is 0.265. The normalized spacial score (nSPS) is 15.4. The van der Waals surface area contributed by atoms with Crippen LogP contribution in [0.2, 0.25) is 0 Å². The lowest BCUT2D eigenvalue weighted by atomic mass is 10.1. The van der Waals surface area contributed by atoms with Crippen LogP contribution in [-0.4, -0.2) is 28.5 Å². The molecule has 2 rings (SSSR count). The van der Waals surface area contributed by atoms with Crippen molar-refractivity contribution in [2.75, 3.05) is 6.54 Å². The molecule has 0 saturated heterocycles. The topological polar surface area (TPSA) is 37.4 Å². The fourth-order valence-corrected chi connectivity index (χ4v) is 3.49. The Balaban J connectivity index is 2.33. The molecular formula is C18H23NO2S. The summed E-state index contributed by atoms with van der Waals surface area (Å²) in [5.74, 6) is -0.269. The minimum absolute atomic E-state index is 0.126. The third kappa shape index (κ3) is 3.61. The maximum absolute atomic E-state index is 12.7. The SMILES string of the molecule is CCCCCN1C(=O)C(SC(C)C)=C(c2ccccc2)C1=O. The van der Waals surface area contributed by atoms with Crippen LogP contribution in [0.1, 0.15) is 45.6 Å². The van der Waals surface area contributed by atoms with E-state index in [9.17, 15) is 9.59 Å². The van der Waals surface area contributed by atoms with Gasteiger partial charge in [-0.1, -0.05) is 63.9 Å². The van der Waals surface area contributed by atoms with E-state index in [4.69, 9.17) is 0 Å². The van der Waals surface area contributed by atoms with Crippen LogP contribution >= 0.6 is 11.8 Å². The molecule has 0 N–H and O–H groups in total. The summed E-state index contributed by atoms with van der Waals surface area (Å²) in [6.07, 6.45) is 2.98. The first kappa shape index (κ1) is 16.8. The fourth-order valence-electron chi connectivity index (χ4n) is 2.48. The number of imide groups is 1. The molecule has 2 amide bonds. The minimum Gasteiger partial charge on any atom is -0.274 e. The molecule has 0 fully saturated rings. The second-order valence-electron chi connectivity index (χ2n) is 5.71. The Hall–Kier alpha value is -1.55. The van der Waals surface area contributed by atoms with Crippen LogP contribution < -0.4 is 0 Å². The van der Waals surface area contributed by atoms with E-state index in [1.807, 2.05) is 44.2 Å². The summed E-state index contributed by atoms with van der Waals surface area (Å²) < 4.78 is 0. The molecule has 3 nitrogen and oxygen atoms in total. The third-order valence-electron chi connectivity index (χ3n) is 3.53. The van der Waals surface area contributed by atoms with Gasteiger partial charge in [-0.05, 0) is 12.0 Å². The zero-order valence-corrected chi connectivity index (χ0v) is 14.3. The van der Waals surface area contributed by atoms with Crippen LogP contribution in [0.5, 0.6) is 0 Å². The molecule has 22 heavy (non-hydrogen) atoms. The van der Waals surface area contributed by atoms with Gasteiger partial charge in [-0.25, -0.2) is 0 Å². The second-order valence-corrected chi connectivity index (χ2v) is 7.29. The third-order valence-corrected chi connectivity index (χ3v) is 4.61. The zero-order valence-electron chi connectivity index (χ0n) is 13.5. The van der Waals surface area contributed by atoms with E-state index < -0.39 is 0 Å². The van der Waals surface area contributed by atoms with E-state index in [2.05, 4.69) is 6.92 Å². The lowest BCUT2D eigenvalue weighted by Crippen LogP contribution is -2.32. The fraction of sp³-hybridized carbons (Fsp3) is 0.444. The number of unbranched alkanes of at least 4 members (excludes halogenated alkanes) is 2. The summed E-state index contributed by atoms with van der Waals surface area (Å²) >= 11 is 1.49. The van der Waals surface area contributed by atoms with E-state index in [1.165, 1.54) is 16.7 Å². The minimum atomic E-state index is -0.143. The number of hydrogen-bond donors (Lipinski definition) is 0. The molecule has 0 bridgehead atoms. The van der Waals surface area contributed by atoms with Gasteiger partial charge in [-0.15, -0.1) is 11.8 Å². The van der Waals surface area contributed by atoms with Gasteiger partial charge in [0.1, 0.15) is 0 Å². The Labute approximate surface area is 136 Å². The summed E-state index contributed by atoms with van der Waals surface area (Å²) in [5.41, 5.74) is 1.41. The van der Waals surface area contributed by atoms with Crippen LogP contribution in [0.15, 0.2) is 35.2 Å². The number of benzene rings is 1. The Morgan fingerprint density at radius 3 is 2.32 bits per heavy atom. The Morgan fingerprint density at radius 1 is 1.05 bits per heavy atom. The van der Waals surface area contributed by atoms with E-state index in [-0.39, 0.29) is 17.1 Å². The Kier molecular flexibility index (Phi) is 5.83. The maximum Gasteiger partial charge on any atom is 0.267 e. The van der Waals surface area contributed by atoms with Gasteiger partial charge in [0.05, 0.1) is 10.5 Å². The van der Waals surface area contributed by atoms with Gasteiger partial charge in [0.2, 0.25) is 0 Å². The molecule has 0 unspecified atom stereocenters. The lowest BCUT2D eigenvalue weighted by molar-refractivity contribution is -0.136. The van der Waals surface area contributed by atoms with Crippen molar-refractivity contribution < 1.29 is 9.59 Å². The number of amides is 2. The molecule has 1 heterocycles. The first-order valence-electron chi connectivity index (χ1n) is 7.88. The van der Waals surface area contributed by atoms with Crippen LogP contribution in [0, 0.1) is 0 Å². The van der Waals surface area contributed by atoms with Crippen molar-refractivity contribution in [2.45, 2.75) is 45.3 Å². The number of thioether (sulfide) groups is 1. The van der Waals surface area contributed by atoms with Crippen molar-refractivity contribution in [1.82, 2.24) is 4.90 Å². The molecule has 0 spiro atoms. The summed E-state index contributed by atoms with van der Waals surface area (Å²) in [7, 11) is 0. The summed E-state index contributed by atoms with van der Waals surface area (Å²) in [4.78, 5) is 27.4. The van der Waals surface area contributed by atoms with Crippen molar-refractivity contribution in [3.8, 4) is 0 Å². The van der Waals surface area contributed by atoms with Crippen LogP contribution in [0.25, 0.3) is 5.57 Å². The zero-order chi connectivity index (χ0) is 16.1. The average Bonchev–Trinajstić information content (AvgIpc) is 2.72. The van der Waals surface area contributed by atoms with E-state index in [0.717, 1.165) is 24.8 Å². The lowest BCUT2D eigenvalue weighted by Gasteiger charge is -2.14. The smallest absolute Gasteiger partial charge is 0.267 e. The molecule has 0 aromatic heterocycles. The predicted octanol–water partition coefficient (Wildman–Crippen LogP) is 4.10. The Morgan fingerprint density at radius 2 is 1.73 bits per heavy atom. The van der Waals surface area contributed by atoms with Crippen molar-refractivity contribution in [2.24, 2.45) is 0 Å². The molecule has 1 aliphatic rings. The van der Waals surface area contributed by atoms with E-state index >= 15 is 0 Å². The molecule has 1 aromatic carbocycles. The molecule has 0 radical (unpaired) electrons. The molecule has 0 aliphatic carbocycles. The number of rotatable bonds is 7. The summed E-state index contributed by atoms with van der Waals surface area (Å²) in [6.45, 7) is 6.71. The van der Waals surface area contributed by atoms with Crippen LogP contribution in [-0.2, 0) is 9.59 Å². The molecule has 1 aromatic rings. The van der Waals surface area contributed by atoms with Crippen molar-refractivity contribution >= 4 is 29.1 Å². The monoisotopic (exact) mass is 317 g/mol. The van der Waals surface area contributed by atoms with Crippen molar-refractivity contribution in [3.05, 3.63) is 40.8 Å². The quantitative estimate of drug-likeness (QED) is 0.561. The first-order chi connectivity index (χ1) is 10.6. The van der Waals surface area contributed by atoms with Gasteiger partial charge in [0, 0.05) is 11.8 Å². The maximum atomic E-state index is 12.7. The number of carbonyl (C=O) groups excluding carboxylic acids is 2. The molecule has 0 saturated carbocycles. The first-order valence-corrected chi connectivity index (χ1v) is 8.76. The standard InChI is InChI=1S/C18H23NO2S/c1-4-5-9-12-19-17(20)15(14-10-7-6-8-11-14)16(18(19)21)22-13(2)3/h6-8,10-11,13H,4-5,9,12H2,1-3H3. The van der Waals surface area contributed by atoms with Crippen molar-refractivity contribution in [1.29, 1.82) is 0 Å². The van der Waals surface area contributed by atoms with Gasteiger partial charge in [0.15, 0.2) is 0 Å². The highest BCUT2D eigenvalue weighted by Gasteiger charge is 2.38. The van der Waals surface area contributed by atoms with Gasteiger partial charge < -0.3 is 0 Å². The van der Waals surface area contributed by atoms with Gasteiger partial charge in [-0.3, -0.25) is 14.5 Å². The number of nitrogens with zero attached hydrogens (tertiary/aromatic N) is 1. The summed E-state index contributed by atoms with van der Waals surface area (Å²) in [6, 6.07) is 9.52.